The number of aliphatic hydroxyl groups excluding tert-OH is 1. The summed E-state index contributed by atoms with van der Waals surface area (Å²) in [6, 6.07) is 8.87. The molecule has 0 saturated carbocycles. The normalized spacial score (nSPS) is 35.5. The molecule has 1 aromatic carbocycles. The monoisotopic (exact) mass is 277 g/mol. The molecule has 0 radical (unpaired) electrons. The fraction of sp³-hybridized carbons (Fsp3) is 0.538. The van der Waals surface area contributed by atoms with Gasteiger partial charge >= 0.3 is 0 Å². The van der Waals surface area contributed by atoms with Crippen LogP contribution < -0.4 is 0 Å². The molecule has 2 fully saturated rings. The lowest BCUT2D eigenvalue weighted by molar-refractivity contribution is -0.195. The highest BCUT2D eigenvalue weighted by molar-refractivity contribution is 5.13. The summed E-state index contributed by atoms with van der Waals surface area (Å²) in [5.74, 6) is 0. The molecule has 1 N–H and O–H groups in total. The van der Waals surface area contributed by atoms with Crippen LogP contribution in [0.3, 0.4) is 0 Å². The molecule has 2 aliphatic heterocycles. The van der Waals surface area contributed by atoms with Crippen LogP contribution in [0.4, 0.5) is 0 Å². The number of ether oxygens (including phenoxy) is 3. The van der Waals surface area contributed by atoms with E-state index in [9.17, 15) is 5.11 Å². The number of nitrogens with zero attached hydrogens (tertiary/aromatic N) is 3. The van der Waals surface area contributed by atoms with E-state index < -0.39 is 24.5 Å². The summed E-state index contributed by atoms with van der Waals surface area (Å²) in [5, 5.41) is 13.8. The molecule has 20 heavy (non-hydrogen) atoms. The molecule has 0 amide bonds. The van der Waals surface area contributed by atoms with Crippen molar-refractivity contribution in [2.24, 2.45) is 5.11 Å². The van der Waals surface area contributed by atoms with Crippen molar-refractivity contribution in [2.75, 3.05) is 6.61 Å². The molecule has 7 nitrogen and oxygen atoms in total. The lowest BCUT2D eigenvalue weighted by atomic mass is 9.99. The molecule has 0 aromatic heterocycles. The van der Waals surface area contributed by atoms with Crippen LogP contribution in [-0.2, 0) is 20.8 Å². The maximum absolute atomic E-state index is 10.3. The first-order valence-corrected chi connectivity index (χ1v) is 6.44. The molecular weight excluding hydrogens is 262 g/mol. The summed E-state index contributed by atoms with van der Waals surface area (Å²) in [7, 11) is 0. The van der Waals surface area contributed by atoms with Crippen LogP contribution in [0.5, 0.6) is 0 Å². The number of hydrogen-bond donors (Lipinski definition) is 1. The first kappa shape index (κ1) is 13.4. The molecule has 5 atom stereocenters. The number of rotatable bonds is 4. The Hall–Kier alpha value is -1.63. The van der Waals surface area contributed by atoms with Gasteiger partial charge in [0.2, 0.25) is 0 Å². The van der Waals surface area contributed by atoms with Gasteiger partial charge in [-0.25, -0.2) is 0 Å². The fourth-order valence-electron chi connectivity index (χ4n) is 2.52. The molecule has 3 unspecified atom stereocenters. The highest BCUT2D eigenvalue weighted by atomic mass is 16.7. The zero-order valence-electron chi connectivity index (χ0n) is 10.7. The van der Waals surface area contributed by atoms with Gasteiger partial charge in [0.05, 0.1) is 19.3 Å². The van der Waals surface area contributed by atoms with Gasteiger partial charge in [0.25, 0.3) is 0 Å². The second-order valence-electron chi connectivity index (χ2n) is 4.82. The third-order valence-electron chi connectivity index (χ3n) is 3.54. The molecule has 3 rings (SSSR count). The Balaban J connectivity index is 1.70. The summed E-state index contributed by atoms with van der Waals surface area (Å²) >= 11 is 0. The number of azide groups is 1. The molecule has 106 valence electrons. The topological polar surface area (TPSA) is 96.7 Å². The quantitative estimate of drug-likeness (QED) is 0.510. The summed E-state index contributed by atoms with van der Waals surface area (Å²) in [4.78, 5) is 2.73. The summed E-state index contributed by atoms with van der Waals surface area (Å²) in [5.41, 5.74) is 9.55. The first-order chi connectivity index (χ1) is 9.79. The largest absolute Gasteiger partial charge is 0.390 e. The van der Waals surface area contributed by atoms with Crippen LogP contribution >= 0.6 is 0 Å². The van der Waals surface area contributed by atoms with Crippen molar-refractivity contribution in [2.45, 2.75) is 37.3 Å². The van der Waals surface area contributed by atoms with Crippen molar-refractivity contribution in [3.05, 3.63) is 46.3 Å². The number of fused-ring (bicyclic) bond motifs is 2. The van der Waals surface area contributed by atoms with Crippen molar-refractivity contribution in [1.82, 2.24) is 0 Å². The first-order valence-electron chi connectivity index (χ1n) is 6.44. The summed E-state index contributed by atoms with van der Waals surface area (Å²) in [6.45, 7) is 0.689. The molecule has 2 aliphatic rings. The van der Waals surface area contributed by atoms with Gasteiger partial charge in [0, 0.05) is 4.91 Å². The van der Waals surface area contributed by atoms with Crippen LogP contribution in [0.15, 0.2) is 35.4 Å². The van der Waals surface area contributed by atoms with Gasteiger partial charge in [0.15, 0.2) is 6.29 Å². The van der Waals surface area contributed by atoms with E-state index in [1.807, 2.05) is 30.3 Å². The Bertz CT molecular complexity index is 506. The molecule has 7 heteroatoms. The second-order valence-corrected chi connectivity index (χ2v) is 4.82. The van der Waals surface area contributed by atoms with E-state index in [0.717, 1.165) is 5.56 Å². The van der Waals surface area contributed by atoms with E-state index in [4.69, 9.17) is 19.7 Å². The average Bonchev–Trinajstić information content (AvgIpc) is 2.90. The minimum atomic E-state index is -0.930. The lowest BCUT2D eigenvalue weighted by Gasteiger charge is -2.35. The third-order valence-corrected chi connectivity index (χ3v) is 3.54. The van der Waals surface area contributed by atoms with Crippen molar-refractivity contribution >= 4 is 0 Å². The molecule has 2 saturated heterocycles. The zero-order valence-corrected chi connectivity index (χ0v) is 10.7. The Morgan fingerprint density at radius 1 is 1.40 bits per heavy atom. The van der Waals surface area contributed by atoms with Crippen LogP contribution in [-0.4, -0.2) is 42.4 Å². The highest BCUT2D eigenvalue weighted by Crippen LogP contribution is 2.32. The van der Waals surface area contributed by atoms with Crippen molar-refractivity contribution in [3.63, 3.8) is 0 Å². The van der Waals surface area contributed by atoms with Crippen LogP contribution in [0.2, 0.25) is 0 Å². The molecular formula is C13H15N3O4. The smallest absolute Gasteiger partial charge is 0.169 e. The van der Waals surface area contributed by atoms with Gasteiger partial charge < -0.3 is 19.3 Å². The van der Waals surface area contributed by atoms with Crippen LogP contribution in [0.25, 0.3) is 10.4 Å². The molecule has 2 heterocycles. The van der Waals surface area contributed by atoms with E-state index in [1.165, 1.54) is 0 Å². The Kier molecular flexibility index (Phi) is 3.86. The van der Waals surface area contributed by atoms with E-state index in [1.54, 1.807) is 0 Å². The number of benzene rings is 1. The van der Waals surface area contributed by atoms with Gasteiger partial charge in [0.1, 0.15) is 18.2 Å². The predicted molar refractivity (Wildman–Crippen MR) is 68.6 cm³/mol. The Labute approximate surface area is 115 Å². The van der Waals surface area contributed by atoms with E-state index in [-0.39, 0.29) is 6.10 Å². The van der Waals surface area contributed by atoms with Crippen molar-refractivity contribution in [1.29, 1.82) is 0 Å². The van der Waals surface area contributed by atoms with E-state index in [0.29, 0.717) is 13.2 Å². The summed E-state index contributed by atoms with van der Waals surface area (Å²) < 4.78 is 16.7. The predicted octanol–water partition coefficient (Wildman–Crippen LogP) is 1.37. The number of aliphatic hydroxyl groups is 1. The number of hydrogen-bond acceptors (Lipinski definition) is 5. The van der Waals surface area contributed by atoms with E-state index in [2.05, 4.69) is 10.0 Å². The van der Waals surface area contributed by atoms with Crippen LogP contribution in [0, 0.1) is 0 Å². The second kappa shape index (κ2) is 5.78. The van der Waals surface area contributed by atoms with Gasteiger partial charge in [-0.2, -0.15) is 0 Å². The van der Waals surface area contributed by atoms with Gasteiger partial charge in [-0.1, -0.05) is 35.4 Å². The van der Waals surface area contributed by atoms with Gasteiger partial charge in [-0.05, 0) is 11.1 Å². The Morgan fingerprint density at radius 2 is 2.20 bits per heavy atom. The van der Waals surface area contributed by atoms with Crippen LogP contribution in [0.1, 0.15) is 5.56 Å². The van der Waals surface area contributed by atoms with Gasteiger partial charge in [-0.3, -0.25) is 0 Å². The molecule has 1 aromatic rings. The summed E-state index contributed by atoms with van der Waals surface area (Å²) in [6.07, 6.45) is -2.50. The maximum atomic E-state index is 10.3. The third kappa shape index (κ3) is 2.49. The van der Waals surface area contributed by atoms with E-state index >= 15 is 0 Å². The molecule has 0 spiro atoms. The lowest BCUT2D eigenvalue weighted by Crippen LogP contribution is -2.53. The minimum Gasteiger partial charge on any atom is -0.390 e. The zero-order chi connectivity index (χ0) is 13.9. The standard InChI is InChI=1S/C13H15N3O4/c14-16-15-10-11(17)12(9-7-19-13(10)20-9)18-6-8-4-2-1-3-5-8/h1-5,9-13,17H,6-7H2/t9?,10?,11?,12-,13-/m1/s1. The highest BCUT2D eigenvalue weighted by Gasteiger charge is 2.50. The SMILES string of the molecule is [N-]=[N+]=NC1C(O)[C@H](OCc2ccccc2)C2CO[C@@H]1O2. The minimum absolute atomic E-state index is 0.330. The van der Waals surface area contributed by atoms with Gasteiger partial charge in [-0.15, -0.1) is 0 Å². The molecule has 2 bridgehead atoms. The average molecular weight is 277 g/mol. The maximum Gasteiger partial charge on any atom is 0.169 e. The van der Waals surface area contributed by atoms with Crippen molar-refractivity contribution < 1.29 is 19.3 Å². The van der Waals surface area contributed by atoms with Crippen molar-refractivity contribution in [3.8, 4) is 0 Å². The molecule has 0 aliphatic carbocycles. The Morgan fingerprint density at radius 3 is 2.95 bits per heavy atom. The fourth-order valence-corrected chi connectivity index (χ4v) is 2.52.